The van der Waals surface area contributed by atoms with E-state index in [-0.39, 0.29) is 44.2 Å². The molecule has 0 radical (unpaired) electrons. The summed E-state index contributed by atoms with van der Waals surface area (Å²) in [5, 5.41) is 0. The Hall–Kier alpha value is -1.47. The summed E-state index contributed by atoms with van der Waals surface area (Å²) in [4.78, 5) is 22.7. The van der Waals surface area contributed by atoms with E-state index in [0.29, 0.717) is 6.42 Å². The van der Waals surface area contributed by atoms with Crippen molar-refractivity contribution in [3.05, 3.63) is 24.3 Å². The van der Waals surface area contributed by atoms with Crippen LogP contribution in [0.15, 0.2) is 24.3 Å². The predicted octanol–water partition coefficient (Wildman–Crippen LogP) is 4.35. The van der Waals surface area contributed by atoms with Gasteiger partial charge in [-0.3, -0.25) is 13.6 Å². The van der Waals surface area contributed by atoms with Crippen molar-refractivity contribution >= 4 is 19.8 Å². The molecule has 0 aliphatic carbocycles. The summed E-state index contributed by atoms with van der Waals surface area (Å²) in [5.74, 6) is -1.13. The molecule has 0 aliphatic rings. The number of phosphoric acid groups is 1. The summed E-state index contributed by atoms with van der Waals surface area (Å²) in [6.45, 7) is 11.7. The van der Waals surface area contributed by atoms with Crippen molar-refractivity contribution in [3.8, 4) is 0 Å². The van der Waals surface area contributed by atoms with Crippen LogP contribution in [0.5, 0.6) is 0 Å². The molecule has 0 spiro atoms. The highest BCUT2D eigenvalue weighted by Crippen LogP contribution is 2.49. The number of ether oxygens (including phenoxy) is 2. The Labute approximate surface area is 167 Å². The fourth-order valence-corrected chi connectivity index (χ4v) is 2.98. The number of esters is 2. The molecular weight excluding hydrogens is 387 g/mol. The Morgan fingerprint density at radius 2 is 1.14 bits per heavy atom. The van der Waals surface area contributed by atoms with E-state index in [2.05, 4.69) is 20.1 Å². The molecule has 8 nitrogen and oxygen atoms in total. The molecule has 28 heavy (non-hydrogen) atoms. The van der Waals surface area contributed by atoms with Gasteiger partial charge in [-0.25, -0.2) is 14.2 Å². The minimum absolute atomic E-state index is 0.121. The van der Waals surface area contributed by atoms with Crippen molar-refractivity contribution in [3.63, 3.8) is 0 Å². The quantitative estimate of drug-likeness (QED) is 0.148. The van der Waals surface area contributed by atoms with Gasteiger partial charge in [-0.1, -0.05) is 45.8 Å². The lowest BCUT2D eigenvalue weighted by atomic mass is 10.2. The van der Waals surface area contributed by atoms with Gasteiger partial charge in [0.2, 0.25) is 0 Å². The van der Waals surface area contributed by atoms with E-state index < -0.39 is 19.8 Å². The van der Waals surface area contributed by atoms with Crippen molar-refractivity contribution in [1.82, 2.24) is 0 Å². The van der Waals surface area contributed by atoms with Gasteiger partial charge in [-0.2, -0.15) is 0 Å². The molecule has 0 unspecified atom stereocenters. The van der Waals surface area contributed by atoms with Gasteiger partial charge in [0.05, 0.1) is 19.8 Å². The number of phosphoric ester groups is 1. The van der Waals surface area contributed by atoms with Crippen LogP contribution < -0.4 is 0 Å². The third kappa shape index (κ3) is 13.7. The standard InChI is InChI=1S/C19H33O8P/c1-6-7-8-9-10-11-25-28(22,26-14-12-23-18(20)16(2)3)27-15-13-24-19(21)17(4)5/h2,4,6-15H2,1,3,5H3. The Balaban J connectivity index is 4.39. The summed E-state index contributed by atoms with van der Waals surface area (Å²) < 4.78 is 38.1. The normalized spacial score (nSPS) is 11.1. The Morgan fingerprint density at radius 3 is 1.57 bits per heavy atom. The maximum atomic E-state index is 12.7. The number of unbranched alkanes of at least 4 members (excludes halogenated alkanes) is 4. The molecule has 0 N–H and O–H groups in total. The summed E-state index contributed by atoms with van der Waals surface area (Å²) in [7, 11) is -3.87. The lowest BCUT2D eigenvalue weighted by Crippen LogP contribution is -2.14. The van der Waals surface area contributed by atoms with Gasteiger partial charge in [0, 0.05) is 11.1 Å². The molecule has 162 valence electrons. The van der Waals surface area contributed by atoms with Crippen LogP contribution in [-0.4, -0.2) is 45.0 Å². The predicted molar refractivity (Wildman–Crippen MR) is 106 cm³/mol. The molecule has 0 atom stereocenters. The minimum atomic E-state index is -3.87. The van der Waals surface area contributed by atoms with E-state index in [9.17, 15) is 14.2 Å². The summed E-state index contributed by atoms with van der Waals surface area (Å²) in [6, 6.07) is 0. The largest absolute Gasteiger partial charge is 0.475 e. The maximum absolute atomic E-state index is 12.7. The first-order valence-electron chi connectivity index (χ1n) is 9.40. The second-order valence-electron chi connectivity index (χ2n) is 6.19. The third-order valence-corrected chi connectivity index (χ3v) is 4.82. The zero-order chi connectivity index (χ0) is 21.4. The fraction of sp³-hybridized carbons (Fsp3) is 0.684. The van der Waals surface area contributed by atoms with Crippen molar-refractivity contribution in [2.45, 2.75) is 52.9 Å². The average molecular weight is 420 g/mol. The highest BCUT2D eigenvalue weighted by molar-refractivity contribution is 7.48. The van der Waals surface area contributed by atoms with E-state index in [1.54, 1.807) is 0 Å². The van der Waals surface area contributed by atoms with Crippen molar-refractivity contribution in [2.75, 3.05) is 33.0 Å². The molecule has 0 aliphatic heterocycles. The fourth-order valence-electron chi connectivity index (χ4n) is 1.81. The van der Waals surface area contributed by atoms with Crippen molar-refractivity contribution < 1.29 is 37.2 Å². The second-order valence-corrected chi connectivity index (χ2v) is 7.86. The molecule has 0 aromatic carbocycles. The van der Waals surface area contributed by atoms with E-state index in [1.807, 2.05) is 0 Å². The van der Waals surface area contributed by atoms with E-state index in [0.717, 1.165) is 25.7 Å². The van der Waals surface area contributed by atoms with E-state index in [1.165, 1.54) is 13.8 Å². The monoisotopic (exact) mass is 420 g/mol. The van der Waals surface area contributed by atoms with Crippen LogP contribution in [0.2, 0.25) is 0 Å². The number of carbonyl (C=O) groups excluding carboxylic acids is 2. The van der Waals surface area contributed by atoms with Gasteiger partial charge < -0.3 is 9.47 Å². The lowest BCUT2D eigenvalue weighted by Gasteiger charge is -2.18. The molecule has 0 fully saturated rings. The van der Waals surface area contributed by atoms with Crippen LogP contribution in [0.4, 0.5) is 0 Å². The van der Waals surface area contributed by atoms with Gasteiger partial charge in [0.15, 0.2) is 0 Å². The Morgan fingerprint density at radius 1 is 0.714 bits per heavy atom. The maximum Gasteiger partial charge on any atom is 0.475 e. The molecule has 0 saturated heterocycles. The number of carbonyl (C=O) groups is 2. The van der Waals surface area contributed by atoms with E-state index >= 15 is 0 Å². The van der Waals surface area contributed by atoms with Gasteiger partial charge in [0.25, 0.3) is 0 Å². The zero-order valence-electron chi connectivity index (χ0n) is 17.2. The molecule has 0 aromatic rings. The van der Waals surface area contributed by atoms with Crippen LogP contribution >= 0.6 is 7.82 Å². The van der Waals surface area contributed by atoms with Crippen LogP contribution in [0.1, 0.15) is 52.9 Å². The highest BCUT2D eigenvalue weighted by Gasteiger charge is 2.27. The summed E-state index contributed by atoms with van der Waals surface area (Å²) in [5.41, 5.74) is 0.504. The SMILES string of the molecule is C=C(C)C(=O)OCCOP(=O)(OCCCCCCC)OCCOC(=O)C(=C)C. The molecule has 0 heterocycles. The Kier molecular flexibility index (Phi) is 14.6. The van der Waals surface area contributed by atoms with Gasteiger partial charge in [0.1, 0.15) is 13.2 Å². The first-order chi connectivity index (χ1) is 13.2. The molecule has 0 rings (SSSR count). The van der Waals surface area contributed by atoms with Crippen LogP contribution in [0.3, 0.4) is 0 Å². The average Bonchev–Trinajstić information content (AvgIpc) is 2.64. The molecule has 0 bridgehead atoms. The lowest BCUT2D eigenvalue weighted by molar-refractivity contribution is -0.140. The van der Waals surface area contributed by atoms with Crippen LogP contribution in [0.25, 0.3) is 0 Å². The molecule has 0 saturated carbocycles. The number of rotatable bonds is 17. The topological polar surface area (TPSA) is 97.4 Å². The highest BCUT2D eigenvalue weighted by atomic mass is 31.2. The smallest absolute Gasteiger partial charge is 0.460 e. The van der Waals surface area contributed by atoms with Crippen molar-refractivity contribution in [1.29, 1.82) is 0 Å². The summed E-state index contributed by atoms with van der Waals surface area (Å²) >= 11 is 0. The Bertz CT molecular complexity index is 520. The first-order valence-corrected chi connectivity index (χ1v) is 10.9. The van der Waals surface area contributed by atoms with Gasteiger partial charge in [-0.05, 0) is 20.3 Å². The summed E-state index contributed by atoms with van der Waals surface area (Å²) in [6.07, 6.45) is 4.98. The van der Waals surface area contributed by atoms with Crippen LogP contribution in [-0.2, 0) is 37.2 Å². The first kappa shape index (κ1) is 26.5. The molecule has 0 amide bonds. The minimum Gasteiger partial charge on any atom is -0.460 e. The van der Waals surface area contributed by atoms with Crippen LogP contribution in [0, 0.1) is 0 Å². The molecular formula is C19H33O8P. The molecule has 9 heteroatoms. The second kappa shape index (κ2) is 15.5. The zero-order valence-corrected chi connectivity index (χ0v) is 18.1. The molecule has 0 aromatic heterocycles. The third-order valence-electron chi connectivity index (χ3n) is 3.33. The van der Waals surface area contributed by atoms with E-state index in [4.69, 9.17) is 23.0 Å². The van der Waals surface area contributed by atoms with Gasteiger partial charge >= 0.3 is 19.8 Å². The number of hydrogen-bond acceptors (Lipinski definition) is 8. The van der Waals surface area contributed by atoms with Crippen molar-refractivity contribution in [2.24, 2.45) is 0 Å². The number of hydrogen-bond donors (Lipinski definition) is 0. The van der Waals surface area contributed by atoms with Gasteiger partial charge in [-0.15, -0.1) is 0 Å².